The molecule has 1 aromatic heterocycles. The number of rotatable bonds is 5. The summed E-state index contributed by atoms with van der Waals surface area (Å²) in [6.45, 7) is 4.90. The summed E-state index contributed by atoms with van der Waals surface area (Å²) in [5.74, 6) is 3.04. The predicted octanol–water partition coefficient (Wildman–Crippen LogP) is 3.75. The Bertz CT molecular complexity index is 1730. The highest BCUT2D eigenvalue weighted by Crippen LogP contribution is 2.67. The maximum absolute atomic E-state index is 14.1. The van der Waals surface area contributed by atoms with Crippen LogP contribution in [-0.4, -0.2) is 98.6 Å². The molecule has 8 rings (SSSR count). The fraction of sp³-hybridized carbons (Fsp3) is 0.486. The summed E-state index contributed by atoms with van der Waals surface area (Å²) >= 11 is 0. The molecule has 5 aliphatic rings. The number of piperazine rings is 1. The molecule has 0 saturated carbocycles. The van der Waals surface area contributed by atoms with Crippen LogP contribution in [0.25, 0.3) is 0 Å². The van der Waals surface area contributed by atoms with Crippen molar-refractivity contribution < 1.29 is 28.5 Å². The Labute approximate surface area is 263 Å². The van der Waals surface area contributed by atoms with Crippen LogP contribution in [0, 0.1) is 12.8 Å². The molecule has 1 N–H and O–H groups in total. The molecule has 10 nitrogen and oxygen atoms in total. The number of nitrogens with zero attached hydrogens (tertiary/aromatic N) is 3. The second kappa shape index (κ2) is 10.2. The number of likely N-dealkylation sites (tertiary alicyclic amines) is 1. The molecule has 2 aliphatic carbocycles. The van der Waals surface area contributed by atoms with Gasteiger partial charge >= 0.3 is 0 Å². The van der Waals surface area contributed by atoms with E-state index in [1.165, 1.54) is 16.7 Å². The minimum absolute atomic E-state index is 0.0228. The quantitative estimate of drug-likeness (QED) is 0.469. The van der Waals surface area contributed by atoms with Crippen LogP contribution in [0.2, 0.25) is 0 Å². The summed E-state index contributed by atoms with van der Waals surface area (Å²) in [6.07, 6.45) is 2.75. The molecule has 1 unspecified atom stereocenters. The van der Waals surface area contributed by atoms with Gasteiger partial charge in [0.1, 0.15) is 23.3 Å². The number of methoxy groups -OCH3 is 3. The Hall–Kier alpha value is -4.18. The Morgan fingerprint density at radius 1 is 0.911 bits per heavy atom. The lowest BCUT2D eigenvalue weighted by atomic mass is 9.51. The Morgan fingerprint density at radius 3 is 2.36 bits per heavy atom. The molecule has 4 atom stereocenters. The van der Waals surface area contributed by atoms with Crippen LogP contribution >= 0.6 is 0 Å². The van der Waals surface area contributed by atoms with Gasteiger partial charge in [0.05, 0.1) is 32.6 Å². The summed E-state index contributed by atoms with van der Waals surface area (Å²) in [4.78, 5) is 37.3. The van der Waals surface area contributed by atoms with Crippen molar-refractivity contribution in [3.05, 3.63) is 69.5 Å². The van der Waals surface area contributed by atoms with Crippen LogP contribution in [0.5, 0.6) is 23.0 Å². The van der Waals surface area contributed by atoms with E-state index < -0.39 is 0 Å². The van der Waals surface area contributed by atoms with Gasteiger partial charge in [-0.15, -0.1) is 0 Å². The average Bonchev–Trinajstić information content (AvgIpc) is 3.59. The summed E-state index contributed by atoms with van der Waals surface area (Å²) in [5, 5.41) is 0. The smallest absolute Gasteiger partial charge is 0.270 e. The van der Waals surface area contributed by atoms with Gasteiger partial charge in [0.15, 0.2) is 11.5 Å². The third kappa shape index (κ3) is 3.84. The summed E-state index contributed by atoms with van der Waals surface area (Å²) in [7, 11) is 7.09. The van der Waals surface area contributed by atoms with Crippen LogP contribution in [0.3, 0.4) is 0 Å². The highest BCUT2D eigenvalue weighted by Gasteiger charge is 2.65. The summed E-state index contributed by atoms with van der Waals surface area (Å²) in [6, 6.07) is 9.91. The van der Waals surface area contributed by atoms with Crippen LogP contribution in [0.1, 0.15) is 61.3 Å². The van der Waals surface area contributed by atoms with Crippen molar-refractivity contribution in [3.8, 4) is 23.0 Å². The van der Waals surface area contributed by atoms with Gasteiger partial charge < -0.3 is 38.6 Å². The number of aromatic nitrogens is 1. The molecule has 2 amide bonds. The SMILES string of the molecule is COc1ccc(C(=O)N2CCN(C(=O)c3[nH]c4c(c3C)CC3[C@@H]5Cc6ccc(OC)c7c6[C@@]3(CCN5C)[C@H]4O7)CC2)c(OC)c1. The second-order valence-corrected chi connectivity index (χ2v) is 13.1. The maximum atomic E-state index is 14.1. The van der Waals surface area contributed by atoms with E-state index >= 15 is 0 Å². The number of benzene rings is 2. The first-order valence-corrected chi connectivity index (χ1v) is 15.9. The van der Waals surface area contributed by atoms with E-state index in [1.807, 2.05) is 11.0 Å². The van der Waals surface area contributed by atoms with Gasteiger partial charge in [0.2, 0.25) is 0 Å². The topological polar surface area (TPSA) is 96.6 Å². The van der Waals surface area contributed by atoms with Crippen LogP contribution in [0.4, 0.5) is 0 Å². The number of ether oxygens (including phenoxy) is 4. The number of amides is 2. The number of nitrogens with one attached hydrogen (secondary N) is 1. The van der Waals surface area contributed by atoms with E-state index in [1.54, 1.807) is 44.4 Å². The van der Waals surface area contributed by atoms with Crippen LogP contribution in [-0.2, 0) is 18.3 Å². The van der Waals surface area contributed by atoms with Crippen LogP contribution in [0.15, 0.2) is 30.3 Å². The van der Waals surface area contributed by atoms with Crippen molar-refractivity contribution in [3.63, 3.8) is 0 Å². The van der Waals surface area contributed by atoms with E-state index in [2.05, 4.69) is 29.9 Å². The molecule has 3 aromatic rings. The van der Waals surface area contributed by atoms with Crippen molar-refractivity contribution in [1.82, 2.24) is 19.7 Å². The van der Waals surface area contributed by atoms with Gasteiger partial charge in [-0.2, -0.15) is 0 Å². The number of likely N-dealkylation sites (N-methyl/N-ethyl adjacent to an activating group) is 1. The molecule has 236 valence electrons. The number of carbonyl (C=O) groups is 2. The second-order valence-electron chi connectivity index (χ2n) is 13.1. The van der Waals surface area contributed by atoms with Gasteiger partial charge in [-0.05, 0) is 80.6 Å². The minimum Gasteiger partial charge on any atom is -0.497 e. The number of hydrogen-bond donors (Lipinski definition) is 1. The van der Waals surface area contributed by atoms with Crippen molar-refractivity contribution in [2.24, 2.45) is 5.92 Å². The molecule has 2 fully saturated rings. The minimum atomic E-state index is -0.179. The molecule has 4 heterocycles. The zero-order chi connectivity index (χ0) is 31.2. The fourth-order valence-corrected chi connectivity index (χ4v) is 9.07. The lowest BCUT2D eigenvalue weighted by Gasteiger charge is -2.57. The van der Waals surface area contributed by atoms with Gasteiger partial charge in [0, 0.05) is 49.3 Å². The Kier molecular flexibility index (Phi) is 6.40. The lowest BCUT2D eigenvalue weighted by molar-refractivity contribution is -0.0256. The number of aromatic amines is 1. The summed E-state index contributed by atoms with van der Waals surface area (Å²) in [5.41, 5.74) is 6.98. The largest absolute Gasteiger partial charge is 0.497 e. The van der Waals surface area contributed by atoms with E-state index in [9.17, 15) is 9.59 Å². The van der Waals surface area contributed by atoms with E-state index in [0.717, 1.165) is 48.6 Å². The zero-order valence-corrected chi connectivity index (χ0v) is 26.6. The molecular weight excluding hydrogens is 572 g/mol. The maximum Gasteiger partial charge on any atom is 0.270 e. The predicted molar refractivity (Wildman–Crippen MR) is 167 cm³/mol. The Morgan fingerprint density at radius 2 is 1.64 bits per heavy atom. The Balaban J connectivity index is 1.07. The number of hydrogen-bond acceptors (Lipinski definition) is 7. The molecule has 1 spiro atoms. The van der Waals surface area contributed by atoms with Gasteiger partial charge in [-0.25, -0.2) is 0 Å². The van der Waals surface area contributed by atoms with Crippen molar-refractivity contribution in [1.29, 1.82) is 0 Å². The highest BCUT2D eigenvalue weighted by atomic mass is 16.5. The number of fused-ring (bicyclic) bond motifs is 2. The van der Waals surface area contributed by atoms with Crippen LogP contribution < -0.4 is 18.9 Å². The van der Waals surface area contributed by atoms with E-state index in [4.69, 9.17) is 18.9 Å². The van der Waals surface area contributed by atoms with Crippen molar-refractivity contribution >= 4 is 11.8 Å². The van der Waals surface area contributed by atoms with Gasteiger partial charge in [0.25, 0.3) is 11.8 Å². The molecule has 2 bridgehead atoms. The first-order valence-electron chi connectivity index (χ1n) is 15.9. The molecule has 10 heteroatoms. The normalized spacial score (nSPS) is 26.1. The molecule has 0 radical (unpaired) electrons. The van der Waals surface area contributed by atoms with Crippen molar-refractivity contribution in [2.45, 2.75) is 43.7 Å². The fourth-order valence-electron chi connectivity index (χ4n) is 9.07. The zero-order valence-electron chi connectivity index (χ0n) is 26.6. The number of carbonyl (C=O) groups excluding carboxylic acids is 2. The van der Waals surface area contributed by atoms with Gasteiger partial charge in [-0.1, -0.05) is 6.07 Å². The third-order valence-corrected chi connectivity index (χ3v) is 11.4. The first kappa shape index (κ1) is 28.3. The average molecular weight is 613 g/mol. The highest BCUT2D eigenvalue weighted by molar-refractivity contribution is 5.98. The monoisotopic (exact) mass is 612 g/mol. The number of H-pyrrole nitrogens is 1. The molecule has 2 aromatic carbocycles. The standard InChI is InChI=1S/C35H40N4O6/c1-19-23-18-24-25-16-20-6-9-26(43-4)31-28(20)35(24,10-11-37(25)2)32(45-31)30(23)36-29(19)34(41)39-14-12-38(13-15-39)33(40)22-8-7-21(42-3)17-27(22)44-5/h6-9,17,24-25,32,36H,10-16,18H2,1-5H3/t24?,25-,32-,35-/m0/s1. The lowest BCUT2D eigenvalue weighted by Crippen LogP contribution is -2.62. The molecular formula is C35H40N4O6. The van der Waals surface area contributed by atoms with E-state index in [-0.39, 0.29) is 23.3 Å². The van der Waals surface area contributed by atoms with Gasteiger partial charge in [-0.3, -0.25) is 9.59 Å². The third-order valence-electron chi connectivity index (χ3n) is 11.4. The number of piperidine rings is 1. The first-order chi connectivity index (χ1) is 21.8. The molecule has 2 saturated heterocycles. The van der Waals surface area contributed by atoms with Crippen molar-refractivity contribution in [2.75, 3.05) is 61.1 Å². The molecule has 45 heavy (non-hydrogen) atoms. The van der Waals surface area contributed by atoms with E-state index in [0.29, 0.717) is 60.9 Å². The summed E-state index contributed by atoms with van der Waals surface area (Å²) < 4.78 is 23.5. The molecule has 3 aliphatic heterocycles.